The number of aromatic nitrogens is 1. The molecule has 0 unspecified atom stereocenters. The Kier molecular flexibility index (Phi) is 3.81. The Bertz CT molecular complexity index is 516. The van der Waals surface area contributed by atoms with E-state index in [4.69, 9.17) is 19.9 Å². The normalized spacial score (nSPS) is 10.1. The maximum Gasteiger partial charge on any atom is 0.490 e. The highest BCUT2D eigenvalue weighted by molar-refractivity contribution is 6.58. The number of phenols is 1. The van der Waals surface area contributed by atoms with Gasteiger partial charge in [0, 0.05) is 11.7 Å². The molecule has 0 bridgehead atoms. The smallest absolute Gasteiger partial charge is 0.490 e. The Morgan fingerprint density at radius 2 is 1.83 bits per heavy atom. The first kappa shape index (κ1) is 12.4. The van der Waals surface area contributed by atoms with Gasteiger partial charge in [0.15, 0.2) is 0 Å². The lowest BCUT2D eigenvalue weighted by atomic mass is 9.82. The van der Waals surface area contributed by atoms with Gasteiger partial charge in [0.2, 0.25) is 0 Å². The number of nitrogens with zero attached hydrogens (tertiary/aromatic N) is 1. The number of aromatic hydroxyl groups is 1. The van der Waals surface area contributed by atoms with Crippen LogP contribution in [-0.2, 0) is 6.61 Å². The predicted molar refractivity (Wildman–Crippen MR) is 66.5 cm³/mol. The summed E-state index contributed by atoms with van der Waals surface area (Å²) in [7, 11) is -1.56. The third-order valence-corrected chi connectivity index (χ3v) is 2.37. The van der Waals surface area contributed by atoms with Gasteiger partial charge < -0.3 is 19.9 Å². The molecule has 18 heavy (non-hydrogen) atoms. The van der Waals surface area contributed by atoms with Crippen LogP contribution in [0.25, 0.3) is 0 Å². The quantitative estimate of drug-likeness (QED) is 0.663. The molecule has 0 spiro atoms. The summed E-state index contributed by atoms with van der Waals surface area (Å²) in [5.41, 5.74) is 1.17. The van der Waals surface area contributed by atoms with E-state index >= 15 is 0 Å². The molecular formula is C12H12BNO4. The number of benzene rings is 1. The maximum atomic E-state index is 9.13. The van der Waals surface area contributed by atoms with Crippen molar-refractivity contribution in [1.29, 1.82) is 0 Å². The van der Waals surface area contributed by atoms with Gasteiger partial charge >= 0.3 is 7.12 Å². The molecule has 0 saturated heterocycles. The van der Waals surface area contributed by atoms with Crippen LogP contribution >= 0.6 is 0 Å². The van der Waals surface area contributed by atoms with E-state index in [1.54, 1.807) is 24.3 Å². The van der Waals surface area contributed by atoms with Crippen molar-refractivity contribution in [3.63, 3.8) is 0 Å². The molecule has 0 aliphatic carbocycles. The van der Waals surface area contributed by atoms with Crippen LogP contribution in [0.3, 0.4) is 0 Å². The minimum Gasteiger partial charge on any atom is -0.508 e. The first-order valence-electron chi connectivity index (χ1n) is 5.37. The van der Waals surface area contributed by atoms with Crippen LogP contribution in [0.2, 0.25) is 0 Å². The van der Waals surface area contributed by atoms with Crippen molar-refractivity contribution < 1.29 is 19.9 Å². The fourth-order valence-electron chi connectivity index (χ4n) is 1.41. The molecule has 0 saturated carbocycles. The minimum absolute atomic E-state index is 0.200. The average molecular weight is 245 g/mol. The number of hydrogen-bond acceptors (Lipinski definition) is 5. The van der Waals surface area contributed by atoms with Crippen molar-refractivity contribution >= 4 is 12.6 Å². The Hall–Kier alpha value is -2.05. The van der Waals surface area contributed by atoms with Gasteiger partial charge in [-0.3, -0.25) is 4.98 Å². The third kappa shape index (κ3) is 3.22. The Balaban J connectivity index is 2.01. The lowest BCUT2D eigenvalue weighted by Gasteiger charge is -2.07. The highest BCUT2D eigenvalue weighted by Crippen LogP contribution is 2.13. The van der Waals surface area contributed by atoms with Gasteiger partial charge in [0.1, 0.15) is 18.1 Å². The minimum atomic E-state index is -1.56. The van der Waals surface area contributed by atoms with Crippen LogP contribution < -0.4 is 10.2 Å². The molecule has 1 aromatic heterocycles. The molecule has 0 aliphatic heterocycles. The maximum absolute atomic E-state index is 9.13. The standard InChI is InChI=1S/C12H12BNO4/c15-11-3-1-9(2-4-11)8-18-12-5-10(13(16)17)6-14-7-12/h1-7,15-17H,8H2. The largest absolute Gasteiger partial charge is 0.508 e. The van der Waals surface area contributed by atoms with E-state index in [1.165, 1.54) is 18.5 Å². The summed E-state index contributed by atoms with van der Waals surface area (Å²) < 4.78 is 5.46. The molecule has 3 N–H and O–H groups in total. The fourth-order valence-corrected chi connectivity index (χ4v) is 1.41. The zero-order valence-corrected chi connectivity index (χ0v) is 9.52. The highest BCUT2D eigenvalue weighted by atomic mass is 16.5. The van der Waals surface area contributed by atoms with E-state index in [-0.39, 0.29) is 11.2 Å². The van der Waals surface area contributed by atoms with Crippen molar-refractivity contribution in [2.45, 2.75) is 6.61 Å². The van der Waals surface area contributed by atoms with E-state index in [2.05, 4.69) is 4.98 Å². The van der Waals surface area contributed by atoms with Gasteiger partial charge in [0.05, 0.1) is 6.20 Å². The third-order valence-electron chi connectivity index (χ3n) is 2.37. The zero-order chi connectivity index (χ0) is 13.0. The monoisotopic (exact) mass is 245 g/mol. The van der Waals surface area contributed by atoms with Crippen molar-refractivity contribution in [2.24, 2.45) is 0 Å². The van der Waals surface area contributed by atoms with Crippen molar-refractivity contribution in [3.8, 4) is 11.5 Å². The second-order valence-corrected chi connectivity index (χ2v) is 3.78. The van der Waals surface area contributed by atoms with Crippen LogP contribution in [0.15, 0.2) is 42.7 Å². The summed E-state index contributed by atoms with van der Waals surface area (Å²) in [5, 5.41) is 27.1. The van der Waals surface area contributed by atoms with E-state index in [1.807, 2.05) is 0 Å². The Labute approximate surface area is 104 Å². The SMILES string of the molecule is OB(O)c1cncc(OCc2ccc(O)cc2)c1. The summed E-state index contributed by atoms with van der Waals surface area (Å²) in [6, 6.07) is 8.15. The van der Waals surface area contributed by atoms with Crippen molar-refractivity contribution in [3.05, 3.63) is 48.3 Å². The Morgan fingerprint density at radius 3 is 2.50 bits per heavy atom. The zero-order valence-electron chi connectivity index (χ0n) is 9.52. The molecule has 1 heterocycles. The molecule has 2 aromatic rings. The van der Waals surface area contributed by atoms with Gasteiger partial charge in [-0.05, 0) is 23.8 Å². The van der Waals surface area contributed by atoms with E-state index in [0.717, 1.165) is 5.56 Å². The van der Waals surface area contributed by atoms with Crippen molar-refractivity contribution in [1.82, 2.24) is 4.98 Å². The van der Waals surface area contributed by atoms with Gasteiger partial charge in [-0.15, -0.1) is 0 Å². The summed E-state index contributed by atoms with van der Waals surface area (Å²) in [4.78, 5) is 3.85. The van der Waals surface area contributed by atoms with E-state index in [9.17, 15) is 0 Å². The van der Waals surface area contributed by atoms with Crippen LogP contribution in [0.1, 0.15) is 5.56 Å². The van der Waals surface area contributed by atoms with Gasteiger partial charge in [-0.1, -0.05) is 12.1 Å². The predicted octanol–water partition coefficient (Wildman–Crippen LogP) is 0.0460. The number of pyridine rings is 1. The number of rotatable bonds is 4. The molecule has 0 amide bonds. The lowest BCUT2D eigenvalue weighted by Crippen LogP contribution is -2.30. The first-order chi connectivity index (χ1) is 8.65. The topological polar surface area (TPSA) is 82.8 Å². The molecular weight excluding hydrogens is 233 g/mol. The summed E-state index contributed by atoms with van der Waals surface area (Å²) in [5.74, 6) is 0.652. The van der Waals surface area contributed by atoms with Crippen LogP contribution in [0.5, 0.6) is 11.5 Å². The second-order valence-electron chi connectivity index (χ2n) is 3.78. The molecule has 2 rings (SSSR count). The molecule has 0 radical (unpaired) electrons. The first-order valence-corrected chi connectivity index (χ1v) is 5.37. The summed E-state index contributed by atoms with van der Waals surface area (Å²) in [6.45, 7) is 0.312. The van der Waals surface area contributed by atoms with Crippen LogP contribution in [0.4, 0.5) is 0 Å². The molecule has 6 heteroatoms. The molecule has 5 nitrogen and oxygen atoms in total. The van der Waals surface area contributed by atoms with Crippen LogP contribution in [-0.4, -0.2) is 27.3 Å². The van der Waals surface area contributed by atoms with Gasteiger partial charge in [0.25, 0.3) is 0 Å². The number of phenolic OH excluding ortho intramolecular Hbond substituents is 1. The number of ether oxygens (including phenoxy) is 1. The average Bonchev–Trinajstić information content (AvgIpc) is 2.38. The molecule has 92 valence electrons. The van der Waals surface area contributed by atoms with Gasteiger partial charge in [-0.25, -0.2) is 0 Å². The molecule has 1 aromatic carbocycles. The lowest BCUT2D eigenvalue weighted by molar-refractivity contribution is 0.305. The molecule has 0 fully saturated rings. The van der Waals surface area contributed by atoms with E-state index < -0.39 is 7.12 Å². The van der Waals surface area contributed by atoms with Crippen molar-refractivity contribution in [2.75, 3.05) is 0 Å². The fraction of sp³-hybridized carbons (Fsp3) is 0.0833. The molecule has 0 aliphatic rings. The van der Waals surface area contributed by atoms with Gasteiger partial charge in [-0.2, -0.15) is 0 Å². The molecule has 0 atom stereocenters. The van der Waals surface area contributed by atoms with Crippen LogP contribution in [0, 0.1) is 0 Å². The Morgan fingerprint density at radius 1 is 1.11 bits per heavy atom. The second kappa shape index (κ2) is 5.53. The highest BCUT2D eigenvalue weighted by Gasteiger charge is 2.11. The summed E-state index contributed by atoms with van der Waals surface area (Å²) >= 11 is 0. The van der Waals surface area contributed by atoms with E-state index in [0.29, 0.717) is 12.4 Å². The summed E-state index contributed by atoms with van der Waals surface area (Å²) in [6.07, 6.45) is 2.85. The number of hydrogen-bond donors (Lipinski definition) is 3.